The van der Waals surface area contributed by atoms with Gasteiger partial charge in [-0.05, 0) is 29.8 Å². The molecule has 1 aliphatic rings. The highest BCUT2D eigenvalue weighted by atomic mass is 35.5. The first-order chi connectivity index (χ1) is 12.3. The van der Waals surface area contributed by atoms with E-state index in [0.717, 1.165) is 5.56 Å². The van der Waals surface area contributed by atoms with E-state index in [-0.39, 0.29) is 18.3 Å². The molecule has 1 unspecified atom stereocenters. The van der Waals surface area contributed by atoms with Crippen molar-refractivity contribution in [1.82, 2.24) is 10.3 Å². The molecule has 1 N–H and O–H groups in total. The van der Waals surface area contributed by atoms with Crippen LogP contribution in [-0.2, 0) is 17.8 Å². The first kappa shape index (κ1) is 18.3. The van der Waals surface area contributed by atoms with Gasteiger partial charge < -0.3 is 14.8 Å². The number of halogens is 4. The molecule has 1 aromatic heterocycles. The van der Waals surface area contributed by atoms with Crippen molar-refractivity contribution < 1.29 is 27.4 Å². The van der Waals surface area contributed by atoms with Crippen molar-refractivity contribution in [1.29, 1.82) is 0 Å². The fourth-order valence-corrected chi connectivity index (χ4v) is 2.69. The van der Waals surface area contributed by atoms with Crippen molar-refractivity contribution >= 4 is 17.5 Å². The monoisotopic (exact) mass is 386 g/mol. The summed E-state index contributed by atoms with van der Waals surface area (Å²) in [5.41, 5.74) is 1.16. The number of carbonyl (C=O) groups excluding carboxylic acids is 1. The Morgan fingerprint density at radius 1 is 1.38 bits per heavy atom. The molecule has 5 nitrogen and oxygen atoms in total. The average molecular weight is 387 g/mol. The molecule has 0 spiro atoms. The van der Waals surface area contributed by atoms with E-state index in [1.807, 2.05) is 0 Å². The Kier molecular flexibility index (Phi) is 5.22. The number of nitrogens with one attached hydrogen (secondary N) is 1. The van der Waals surface area contributed by atoms with Crippen molar-refractivity contribution in [2.75, 3.05) is 6.61 Å². The number of alkyl halides is 3. The zero-order valence-electron chi connectivity index (χ0n) is 13.3. The lowest BCUT2D eigenvalue weighted by atomic mass is 10.1. The molecule has 138 valence electrons. The number of hydrogen-bond donors (Lipinski definition) is 1. The lowest BCUT2D eigenvalue weighted by Crippen LogP contribution is -2.37. The van der Waals surface area contributed by atoms with Crippen LogP contribution in [0.1, 0.15) is 11.1 Å². The number of benzene rings is 1. The molecule has 9 heteroatoms. The standard InChI is InChI=1S/C17H14ClF3N2O3/c18-12-3-4-13-11(6-12)7-14(26-13)15(24)23-8-10-2-1-5-22-16(10)25-9-17(19,20)21/h1-6,14H,7-9H2,(H,23,24). The van der Waals surface area contributed by atoms with Crippen LogP contribution in [0.3, 0.4) is 0 Å². The lowest BCUT2D eigenvalue weighted by Gasteiger charge is -2.14. The number of rotatable bonds is 5. The molecule has 1 aliphatic heterocycles. The van der Waals surface area contributed by atoms with Crippen LogP contribution >= 0.6 is 11.6 Å². The van der Waals surface area contributed by atoms with Gasteiger partial charge in [0.1, 0.15) is 5.75 Å². The number of nitrogens with zero attached hydrogens (tertiary/aromatic N) is 1. The predicted molar refractivity (Wildman–Crippen MR) is 87.2 cm³/mol. The van der Waals surface area contributed by atoms with Crippen LogP contribution in [0.25, 0.3) is 0 Å². The third-order valence-electron chi connectivity index (χ3n) is 3.67. The molecule has 0 fully saturated rings. The van der Waals surface area contributed by atoms with E-state index in [1.54, 1.807) is 24.3 Å². The number of aromatic nitrogens is 1. The number of ether oxygens (including phenoxy) is 2. The maximum atomic E-state index is 12.3. The maximum absolute atomic E-state index is 12.3. The Balaban J connectivity index is 1.59. The van der Waals surface area contributed by atoms with Gasteiger partial charge in [-0.3, -0.25) is 4.79 Å². The lowest BCUT2D eigenvalue weighted by molar-refractivity contribution is -0.154. The molecule has 1 aromatic carbocycles. The molecule has 0 radical (unpaired) electrons. The second-order valence-electron chi connectivity index (χ2n) is 5.65. The van der Waals surface area contributed by atoms with Gasteiger partial charge in [-0.25, -0.2) is 4.98 Å². The van der Waals surface area contributed by atoms with Gasteiger partial charge in [0, 0.05) is 29.7 Å². The van der Waals surface area contributed by atoms with E-state index in [2.05, 4.69) is 15.0 Å². The Morgan fingerprint density at radius 3 is 2.96 bits per heavy atom. The average Bonchev–Trinajstić information content (AvgIpc) is 3.01. The number of fused-ring (bicyclic) bond motifs is 1. The fraction of sp³-hybridized carbons (Fsp3) is 0.294. The van der Waals surface area contributed by atoms with Crippen LogP contribution in [0.5, 0.6) is 11.6 Å². The minimum Gasteiger partial charge on any atom is -0.480 e. The van der Waals surface area contributed by atoms with Crippen molar-refractivity contribution in [3.05, 3.63) is 52.7 Å². The maximum Gasteiger partial charge on any atom is 0.422 e. The summed E-state index contributed by atoms with van der Waals surface area (Å²) >= 11 is 5.91. The van der Waals surface area contributed by atoms with Crippen LogP contribution in [0.15, 0.2) is 36.5 Å². The molecule has 0 saturated carbocycles. The second-order valence-corrected chi connectivity index (χ2v) is 6.09. The van der Waals surface area contributed by atoms with E-state index in [9.17, 15) is 18.0 Å². The van der Waals surface area contributed by atoms with E-state index in [4.69, 9.17) is 16.3 Å². The van der Waals surface area contributed by atoms with Gasteiger partial charge in [-0.15, -0.1) is 0 Å². The highest BCUT2D eigenvalue weighted by molar-refractivity contribution is 6.30. The van der Waals surface area contributed by atoms with Crippen LogP contribution in [0.4, 0.5) is 13.2 Å². The molecule has 1 amide bonds. The molecule has 1 atom stereocenters. The first-order valence-corrected chi connectivity index (χ1v) is 8.06. The van der Waals surface area contributed by atoms with Crippen LogP contribution in [-0.4, -0.2) is 29.8 Å². The van der Waals surface area contributed by atoms with E-state index in [1.165, 1.54) is 12.3 Å². The highest BCUT2D eigenvalue weighted by Gasteiger charge is 2.30. The molecule has 3 rings (SSSR count). The molecule has 0 saturated heterocycles. The molecule has 2 heterocycles. The third-order valence-corrected chi connectivity index (χ3v) is 3.90. The fourth-order valence-electron chi connectivity index (χ4n) is 2.50. The highest BCUT2D eigenvalue weighted by Crippen LogP contribution is 2.31. The third kappa shape index (κ3) is 4.57. The molecule has 0 bridgehead atoms. The minimum atomic E-state index is -4.47. The van der Waals surface area contributed by atoms with Crippen LogP contribution < -0.4 is 14.8 Å². The minimum absolute atomic E-state index is 0.0309. The zero-order valence-corrected chi connectivity index (χ0v) is 14.1. The predicted octanol–water partition coefficient (Wildman–Crippen LogP) is 3.30. The van der Waals surface area contributed by atoms with Crippen molar-refractivity contribution in [2.45, 2.75) is 25.2 Å². The van der Waals surface area contributed by atoms with Gasteiger partial charge in [-0.2, -0.15) is 13.2 Å². The van der Waals surface area contributed by atoms with E-state index < -0.39 is 18.9 Å². The summed E-state index contributed by atoms with van der Waals surface area (Å²) in [6.07, 6.45) is -3.51. The smallest absolute Gasteiger partial charge is 0.422 e. The van der Waals surface area contributed by atoms with Gasteiger partial charge in [-0.1, -0.05) is 17.7 Å². The molecule has 26 heavy (non-hydrogen) atoms. The second kappa shape index (κ2) is 7.41. The molecular formula is C17H14ClF3N2O3. The zero-order chi connectivity index (χ0) is 18.7. The number of amides is 1. The van der Waals surface area contributed by atoms with Crippen molar-refractivity contribution in [3.8, 4) is 11.6 Å². The van der Waals surface area contributed by atoms with Gasteiger partial charge in [0.25, 0.3) is 5.91 Å². The van der Waals surface area contributed by atoms with Gasteiger partial charge in [0.2, 0.25) is 5.88 Å². The topological polar surface area (TPSA) is 60.5 Å². The quantitative estimate of drug-likeness (QED) is 0.856. The summed E-state index contributed by atoms with van der Waals surface area (Å²) < 4.78 is 47.2. The summed E-state index contributed by atoms with van der Waals surface area (Å²) in [6, 6.07) is 8.17. The Hall–Kier alpha value is -2.48. The number of pyridine rings is 1. The Labute approximate surface area is 152 Å². The SMILES string of the molecule is O=C(NCc1cccnc1OCC(F)(F)F)C1Cc2cc(Cl)ccc2O1. The number of carbonyl (C=O) groups is 1. The van der Waals surface area contributed by atoms with Crippen LogP contribution in [0.2, 0.25) is 5.02 Å². The summed E-state index contributed by atoms with van der Waals surface area (Å²) in [6.45, 7) is -1.48. The summed E-state index contributed by atoms with van der Waals surface area (Å²) in [7, 11) is 0. The van der Waals surface area contributed by atoms with Gasteiger partial charge >= 0.3 is 6.18 Å². The summed E-state index contributed by atoms with van der Waals surface area (Å²) in [4.78, 5) is 16.1. The van der Waals surface area contributed by atoms with Crippen molar-refractivity contribution in [2.24, 2.45) is 0 Å². The molecule has 0 aliphatic carbocycles. The van der Waals surface area contributed by atoms with Gasteiger partial charge in [0.15, 0.2) is 12.7 Å². The van der Waals surface area contributed by atoms with Crippen molar-refractivity contribution in [3.63, 3.8) is 0 Å². The summed E-state index contributed by atoms with van der Waals surface area (Å²) in [5.74, 6) is 0.0283. The largest absolute Gasteiger partial charge is 0.480 e. The van der Waals surface area contributed by atoms with E-state index >= 15 is 0 Å². The normalized spacial score (nSPS) is 15.9. The number of hydrogen-bond acceptors (Lipinski definition) is 4. The Bertz CT molecular complexity index is 814. The van der Waals surface area contributed by atoms with E-state index in [0.29, 0.717) is 22.8 Å². The Morgan fingerprint density at radius 2 is 2.19 bits per heavy atom. The first-order valence-electron chi connectivity index (χ1n) is 7.68. The van der Waals surface area contributed by atoms with Gasteiger partial charge in [0.05, 0.1) is 0 Å². The van der Waals surface area contributed by atoms with Crippen LogP contribution in [0, 0.1) is 0 Å². The molecule has 2 aromatic rings. The summed E-state index contributed by atoms with van der Waals surface area (Å²) in [5, 5.41) is 3.18. The molecular weight excluding hydrogens is 373 g/mol.